The standard InChI is InChI=1S/C19H17NO7/c1-12(21)27-16-6-4-3-5-15(16)19(24)26-11-17(22)20-14-9-7-13(8-10-14)18(23)25-2/h3-10H,11H2,1-2H3,(H,20,22). The zero-order valence-electron chi connectivity index (χ0n) is 14.7. The molecule has 0 aliphatic heterocycles. The Kier molecular flexibility index (Phi) is 6.65. The molecule has 2 aromatic rings. The smallest absolute Gasteiger partial charge is 0.342 e. The normalized spacial score (nSPS) is 9.85. The third-order valence-corrected chi connectivity index (χ3v) is 3.28. The van der Waals surface area contributed by atoms with Crippen molar-refractivity contribution in [1.82, 2.24) is 0 Å². The van der Waals surface area contributed by atoms with E-state index in [0.717, 1.165) is 0 Å². The van der Waals surface area contributed by atoms with E-state index in [0.29, 0.717) is 11.3 Å². The number of para-hydroxylation sites is 1. The lowest BCUT2D eigenvalue weighted by Crippen LogP contribution is -2.21. The van der Waals surface area contributed by atoms with Gasteiger partial charge in [-0.25, -0.2) is 9.59 Å². The fourth-order valence-corrected chi connectivity index (χ4v) is 2.09. The number of hydrogen-bond acceptors (Lipinski definition) is 7. The molecule has 0 saturated carbocycles. The molecule has 0 saturated heterocycles. The van der Waals surface area contributed by atoms with Gasteiger partial charge >= 0.3 is 17.9 Å². The van der Waals surface area contributed by atoms with Crippen LogP contribution in [0.1, 0.15) is 27.6 Å². The first-order valence-electron chi connectivity index (χ1n) is 7.83. The molecule has 2 rings (SSSR count). The number of esters is 3. The van der Waals surface area contributed by atoms with Crippen molar-refractivity contribution in [2.75, 3.05) is 19.0 Å². The summed E-state index contributed by atoms with van der Waals surface area (Å²) in [5, 5.41) is 2.53. The summed E-state index contributed by atoms with van der Waals surface area (Å²) in [6, 6.07) is 12.0. The number of nitrogens with one attached hydrogen (secondary N) is 1. The van der Waals surface area contributed by atoms with Gasteiger partial charge in [0, 0.05) is 12.6 Å². The van der Waals surface area contributed by atoms with Crippen LogP contribution in [0.15, 0.2) is 48.5 Å². The highest BCUT2D eigenvalue weighted by molar-refractivity contribution is 5.97. The van der Waals surface area contributed by atoms with Crippen LogP contribution >= 0.6 is 0 Å². The van der Waals surface area contributed by atoms with Gasteiger partial charge in [0.05, 0.1) is 12.7 Å². The van der Waals surface area contributed by atoms with Gasteiger partial charge in [-0.2, -0.15) is 0 Å². The van der Waals surface area contributed by atoms with E-state index in [9.17, 15) is 19.2 Å². The van der Waals surface area contributed by atoms with Gasteiger partial charge in [0.1, 0.15) is 11.3 Å². The number of methoxy groups -OCH3 is 1. The molecule has 2 aromatic carbocycles. The fraction of sp³-hybridized carbons (Fsp3) is 0.158. The van der Waals surface area contributed by atoms with Crippen molar-refractivity contribution in [3.63, 3.8) is 0 Å². The van der Waals surface area contributed by atoms with Crippen molar-refractivity contribution in [2.45, 2.75) is 6.92 Å². The van der Waals surface area contributed by atoms with Crippen molar-refractivity contribution in [3.05, 3.63) is 59.7 Å². The molecule has 0 aliphatic carbocycles. The molecule has 0 radical (unpaired) electrons. The monoisotopic (exact) mass is 371 g/mol. The topological polar surface area (TPSA) is 108 Å². The molecule has 0 aliphatic rings. The van der Waals surface area contributed by atoms with E-state index in [4.69, 9.17) is 9.47 Å². The van der Waals surface area contributed by atoms with E-state index in [1.807, 2.05) is 0 Å². The number of hydrogen-bond donors (Lipinski definition) is 1. The minimum absolute atomic E-state index is 0.0305. The second-order valence-corrected chi connectivity index (χ2v) is 5.28. The minimum Gasteiger partial charge on any atom is -0.465 e. The van der Waals surface area contributed by atoms with Crippen LogP contribution in [0.5, 0.6) is 5.75 Å². The van der Waals surface area contributed by atoms with Gasteiger partial charge in [-0.05, 0) is 36.4 Å². The van der Waals surface area contributed by atoms with Crippen LogP contribution in [-0.2, 0) is 19.1 Å². The first-order valence-corrected chi connectivity index (χ1v) is 7.83. The fourth-order valence-electron chi connectivity index (χ4n) is 2.09. The maximum Gasteiger partial charge on any atom is 0.342 e. The zero-order valence-corrected chi connectivity index (χ0v) is 14.7. The number of amides is 1. The van der Waals surface area contributed by atoms with Crippen LogP contribution in [0.4, 0.5) is 5.69 Å². The minimum atomic E-state index is -0.803. The number of ether oxygens (including phenoxy) is 3. The molecule has 0 aromatic heterocycles. The van der Waals surface area contributed by atoms with E-state index in [1.165, 1.54) is 50.4 Å². The van der Waals surface area contributed by atoms with Crippen LogP contribution < -0.4 is 10.1 Å². The van der Waals surface area contributed by atoms with Crippen LogP contribution in [0.25, 0.3) is 0 Å². The zero-order chi connectivity index (χ0) is 19.8. The second kappa shape index (κ2) is 9.14. The third-order valence-electron chi connectivity index (χ3n) is 3.28. The number of carbonyl (C=O) groups is 4. The molecule has 0 bridgehead atoms. The summed E-state index contributed by atoms with van der Waals surface area (Å²) in [6.07, 6.45) is 0. The van der Waals surface area contributed by atoms with Crippen molar-refractivity contribution >= 4 is 29.5 Å². The van der Waals surface area contributed by atoms with Gasteiger partial charge in [-0.1, -0.05) is 12.1 Å². The van der Waals surface area contributed by atoms with Gasteiger partial charge in [0.25, 0.3) is 5.91 Å². The Labute approximate surface area is 155 Å². The average Bonchev–Trinajstić information content (AvgIpc) is 2.66. The Bertz CT molecular complexity index is 859. The van der Waals surface area contributed by atoms with Crippen LogP contribution in [-0.4, -0.2) is 37.5 Å². The first kappa shape index (κ1) is 19.6. The summed E-state index contributed by atoms with van der Waals surface area (Å²) in [4.78, 5) is 46.5. The summed E-state index contributed by atoms with van der Waals surface area (Å²) in [7, 11) is 1.27. The Balaban J connectivity index is 1.93. The van der Waals surface area contributed by atoms with E-state index >= 15 is 0 Å². The highest BCUT2D eigenvalue weighted by Crippen LogP contribution is 2.19. The molecule has 0 spiro atoms. The lowest BCUT2D eigenvalue weighted by Gasteiger charge is -2.09. The summed E-state index contributed by atoms with van der Waals surface area (Å²) in [5.41, 5.74) is 0.788. The quantitative estimate of drug-likeness (QED) is 0.612. The van der Waals surface area contributed by atoms with Crippen molar-refractivity contribution in [2.24, 2.45) is 0 Å². The largest absolute Gasteiger partial charge is 0.465 e. The van der Waals surface area contributed by atoms with Crippen LogP contribution in [0.3, 0.4) is 0 Å². The third kappa shape index (κ3) is 5.67. The van der Waals surface area contributed by atoms with Crippen LogP contribution in [0, 0.1) is 0 Å². The number of rotatable bonds is 6. The lowest BCUT2D eigenvalue weighted by molar-refractivity contribution is -0.132. The van der Waals surface area contributed by atoms with Crippen molar-refractivity contribution < 1.29 is 33.4 Å². The Morgan fingerprint density at radius 2 is 1.59 bits per heavy atom. The molecule has 0 heterocycles. The number of benzene rings is 2. The van der Waals surface area contributed by atoms with Crippen molar-refractivity contribution in [3.8, 4) is 5.75 Å². The molecule has 1 N–H and O–H groups in total. The SMILES string of the molecule is COC(=O)c1ccc(NC(=O)COC(=O)c2ccccc2OC(C)=O)cc1. The molecule has 140 valence electrons. The first-order chi connectivity index (χ1) is 12.9. The van der Waals surface area contributed by atoms with Crippen molar-refractivity contribution in [1.29, 1.82) is 0 Å². The number of anilines is 1. The van der Waals surface area contributed by atoms with Gasteiger partial charge in [-0.3, -0.25) is 9.59 Å². The summed E-state index contributed by atoms with van der Waals surface area (Å²) in [5.74, 6) is -2.40. The predicted molar refractivity (Wildman–Crippen MR) is 94.4 cm³/mol. The Morgan fingerprint density at radius 1 is 0.926 bits per heavy atom. The average molecular weight is 371 g/mol. The molecule has 0 unspecified atom stereocenters. The maximum absolute atomic E-state index is 12.1. The van der Waals surface area contributed by atoms with Gasteiger partial charge < -0.3 is 19.5 Å². The Morgan fingerprint density at radius 3 is 2.22 bits per heavy atom. The van der Waals surface area contributed by atoms with E-state index < -0.39 is 30.4 Å². The highest BCUT2D eigenvalue weighted by atomic mass is 16.6. The number of carbonyl (C=O) groups excluding carboxylic acids is 4. The second-order valence-electron chi connectivity index (χ2n) is 5.28. The summed E-state index contributed by atoms with van der Waals surface area (Å²) < 4.78 is 14.5. The van der Waals surface area contributed by atoms with Crippen LogP contribution in [0.2, 0.25) is 0 Å². The Hall–Kier alpha value is -3.68. The lowest BCUT2D eigenvalue weighted by atomic mass is 10.2. The molecule has 27 heavy (non-hydrogen) atoms. The van der Waals surface area contributed by atoms with E-state index in [2.05, 4.69) is 10.1 Å². The highest BCUT2D eigenvalue weighted by Gasteiger charge is 2.16. The van der Waals surface area contributed by atoms with E-state index in [-0.39, 0.29) is 11.3 Å². The van der Waals surface area contributed by atoms with Gasteiger partial charge in [-0.15, -0.1) is 0 Å². The molecular weight excluding hydrogens is 354 g/mol. The van der Waals surface area contributed by atoms with E-state index in [1.54, 1.807) is 12.1 Å². The molecule has 1 amide bonds. The maximum atomic E-state index is 12.1. The predicted octanol–water partition coefficient (Wildman–Crippen LogP) is 2.19. The molecule has 0 atom stereocenters. The molecule has 0 fully saturated rings. The molecule has 8 nitrogen and oxygen atoms in total. The van der Waals surface area contributed by atoms with Gasteiger partial charge in [0.2, 0.25) is 0 Å². The summed E-state index contributed by atoms with van der Waals surface area (Å²) in [6.45, 7) is 0.674. The molecule has 8 heteroatoms. The summed E-state index contributed by atoms with van der Waals surface area (Å²) >= 11 is 0. The van der Waals surface area contributed by atoms with Gasteiger partial charge in [0.15, 0.2) is 6.61 Å². The molecular formula is C19H17NO7.